The standard InChI is InChI=1S/C15H14O4/c1-15(14(18)19,10-6-2-4-8-12(10)16)11-7-3-5-9-13(11)17/h2-9,16-17H,1H3,(H,18,19). The highest BCUT2D eigenvalue weighted by molar-refractivity contribution is 5.87. The van der Waals surface area contributed by atoms with Gasteiger partial charge in [0, 0.05) is 11.1 Å². The van der Waals surface area contributed by atoms with E-state index in [2.05, 4.69) is 0 Å². The third-order valence-electron chi connectivity index (χ3n) is 3.31. The largest absolute Gasteiger partial charge is 0.508 e. The number of phenols is 2. The number of hydrogen-bond donors (Lipinski definition) is 3. The molecule has 2 aromatic rings. The Balaban J connectivity index is 2.73. The van der Waals surface area contributed by atoms with Gasteiger partial charge in [-0.05, 0) is 19.1 Å². The molecule has 4 heteroatoms. The van der Waals surface area contributed by atoms with Crippen LogP contribution in [0.3, 0.4) is 0 Å². The van der Waals surface area contributed by atoms with Crippen LogP contribution in [0.2, 0.25) is 0 Å². The molecule has 0 heterocycles. The molecule has 0 fully saturated rings. The number of carbonyl (C=O) groups is 1. The van der Waals surface area contributed by atoms with E-state index in [1.807, 2.05) is 0 Å². The molecule has 0 atom stereocenters. The molecule has 0 aliphatic carbocycles. The van der Waals surface area contributed by atoms with Gasteiger partial charge in [0.25, 0.3) is 0 Å². The van der Waals surface area contributed by atoms with Crippen molar-refractivity contribution in [3.63, 3.8) is 0 Å². The van der Waals surface area contributed by atoms with Gasteiger partial charge in [-0.25, -0.2) is 0 Å². The number of aliphatic carboxylic acids is 1. The van der Waals surface area contributed by atoms with Crippen molar-refractivity contribution in [1.29, 1.82) is 0 Å². The predicted octanol–water partition coefficient (Wildman–Crippen LogP) is 2.49. The number of para-hydroxylation sites is 2. The highest BCUT2D eigenvalue weighted by Crippen LogP contribution is 2.40. The lowest BCUT2D eigenvalue weighted by Gasteiger charge is -2.27. The Morgan fingerprint density at radius 2 is 1.26 bits per heavy atom. The summed E-state index contributed by atoms with van der Waals surface area (Å²) in [5.74, 6) is -1.37. The fourth-order valence-electron chi connectivity index (χ4n) is 2.17. The van der Waals surface area contributed by atoms with Crippen molar-refractivity contribution >= 4 is 5.97 Å². The SMILES string of the molecule is CC(C(=O)O)(c1ccccc1O)c1ccccc1O. The van der Waals surface area contributed by atoms with Crippen LogP contribution in [0.4, 0.5) is 0 Å². The lowest BCUT2D eigenvalue weighted by molar-refractivity contribution is -0.141. The molecule has 0 amide bonds. The van der Waals surface area contributed by atoms with Crippen molar-refractivity contribution in [2.75, 3.05) is 0 Å². The van der Waals surface area contributed by atoms with Gasteiger partial charge in [0.15, 0.2) is 0 Å². The number of carboxylic acids is 1. The molecule has 98 valence electrons. The van der Waals surface area contributed by atoms with Gasteiger partial charge in [-0.15, -0.1) is 0 Å². The summed E-state index contributed by atoms with van der Waals surface area (Å²) in [5.41, 5.74) is -1.04. The predicted molar refractivity (Wildman–Crippen MR) is 70.3 cm³/mol. The number of phenolic OH excluding ortho intramolecular Hbond substituents is 2. The molecule has 0 aliphatic heterocycles. The molecule has 0 unspecified atom stereocenters. The van der Waals surface area contributed by atoms with E-state index in [4.69, 9.17) is 0 Å². The molecule has 2 aromatic carbocycles. The van der Waals surface area contributed by atoms with E-state index in [9.17, 15) is 20.1 Å². The summed E-state index contributed by atoms with van der Waals surface area (Å²) in [4.78, 5) is 11.7. The summed E-state index contributed by atoms with van der Waals surface area (Å²) >= 11 is 0. The molecule has 0 saturated heterocycles. The lowest BCUT2D eigenvalue weighted by Crippen LogP contribution is -2.33. The van der Waals surface area contributed by atoms with Gasteiger partial charge in [-0.1, -0.05) is 36.4 Å². The molecule has 19 heavy (non-hydrogen) atoms. The van der Waals surface area contributed by atoms with Crippen LogP contribution in [-0.4, -0.2) is 21.3 Å². The second-order valence-electron chi connectivity index (χ2n) is 4.46. The summed E-state index contributed by atoms with van der Waals surface area (Å²) in [6, 6.07) is 12.5. The Hall–Kier alpha value is -2.49. The Kier molecular flexibility index (Phi) is 3.17. The van der Waals surface area contributed by atoms with Gasteiger partial charge in [-0.2, -0.15) is 0 Å². The number of hydrogen-bond acceptors (Lipinski definition) is 3. The van der Waals surface area contributed by atoms with Crippen LogP contribution in [0.25, 0.3) is 0 Å². The average Bonchev–Trinajstić information content (AvgIpc) is 2.38. The summed E-state index contributed by atoms with van der Waals surface area (Å²) in [6.45, 7) is 1.46. The van der Waals surface area contributed by atoms with Gasteiger partial charge in [0.2, 0.25) is 0 Å². The summed E-state index contributed by atoms with van der Waals surface area (Å²) < 4.78 is 0. The maximum atomic E-state index is 11.7. The van der Waals surface area contributed by atoms with E-state index in [0.717, 1.165) is 0 Å². The molecule has 0 bridgehead atoms. The Morgan fingerprint density at radius 3 is 1.58 bits per heavy atom. The summed E-state index contributed by atoms with van der Waals surface area (Å²) in [5, 5.41) is 29.4. The average molecular weight is 258 g/mol. The Bertz CT molecular complexity index is 574. The van der Waals surface area contributed by atoms with E-state index >= 15 is 0 Å². The topological polar surface area (TPSA) is 77.8 Å². The molecule has 4 nitrogen and oxygen atoms in total. The molecule has 0 spiro atoms. The monoisotopic (exact) mass is 258 g/mol. The molecule has 0 aliphatic rings. The first kappa shape index (κ1) is 13.0. The van der Waals surface area contributed by atoms with Crippen molar-refractivity contribution in [2.45, 2.75) is 12.3 Å². The van der Waals surface area contributed by atoms with E-state index in [0.29, 0.717) is 0 Å². The first-order valence-corrected chi connectivity index (χ1v) is 5.78. The van der Waals surface area contributed by atoms with E-state index in [1.54, 1.807) is 24.3 Å². The fraction of sp³-hybridized carbons (Fsp3) is 0.133. The summed E-state index contributed by atoms with van der Waals surface area (Å²) in [6.07, 6.45) is 0. The Labute approximate surface area is 110 Å². The van der Waals surface area contributed by atoms with Crippen LogP contribution < -0.4 is 0 Å². The normalized spacial score (nSPS) is 11.2. The molecule has 0 saturated carbocycles. The van der Waals surface area contributed by atoms with Crippen LogP contribution in [0.5, 0.6) is 11.5 Å². The molecule has 2 rings (SSSR count). The zero-order valence-electron chi connectivity index (χ0n) is 10.4. The second-order valence-corrected chi connectivity index (χ2v) is 4.46. The molecule has 0 radical (unpaired) electrons. The van der Waals surface area contributed by atoms with Crippen molar-refractivity contribution < 1.29 is 20.1 Å². The van der Waals surface area contributed by atoms with Crippen molar-refractivity contribution in [3.8, 4) is 11.5 Å². The van der Waals surface area contributed by atoms with E-state index < -0.39 is 11.4 Å². The summed E-state index contributed by atoms with van der Waals surface area (Å²) in [7, 11) is 0. The highest BCUT2D eigenvalue weighted by atomic mass is 16.4. The van der Waals surface area contributed by atoms with Crippen LogP contribution >= 0.6 is 0 Å². The van der Waals surface area contributed by atoms with Crippen LogP contribution in [0.15, 0.2) is 48.5 Å². The second kappa shape index (κ2) is 4.65. The van der Waals surface area contributed by atoms with Crippen molar-refractivity contribution in [2.24, 2.45) is 0 Å². The molecule has 0 aromatic heterocycles. The quantitative estimate of drug-likeness (QED) is 0.790. The van der Waals surface area contributed by atoms with Gasteiger partial charge < -0.3 is 15.3 Å². The third-order valence-corrected chi connectivity index (χ3v) is 3.31. The molecule has 3 N–H and O–H groups in total. The smallest absolute Gasteiger partial charge is 0.318 e. The van der Waals surface area contributed by atoms with Crippen LogP contribution in [0, 0.1) is 0 Å². The minimum atomic E-state index is -1.52. The van der Waals surface area contributed by atoms with E-state index in [1.165, 1.54) is 31.2 Å². The zero-order valence-corrected chi connectivity index (χ0v) is 10.4. The minimum absolute atomic E-state index is 0.115. The number of carboxylic acid groups (broad SMARTS) is 1. The fourth-order valence-corrected chi connectivity index (χ4v) is 2.17. The molecular formula is C15H14O4. The van der Waals surface area contributed by atoms with Gasteiger partial charge in [0.1, 0.15) is 16.9 Å². The Morgan fingerprint density at radius 1 is 0.895 bits per heavy atom. The highest BCUT2D eigenvalue weighted by Gasteiger charge is 2.41. The minimum Gasteiger partial charge on any atom is -0.508 e. The van der Waals surface area contributed by atoms with Crippen molar-refractivity contribution in [3.05, 3.63) is 59.7 Å². The molecular weight excluding hydrogens is 244 g/mol. The first-order valence-electron chi connectivity index (χ1n) is 5.78. The van der Waals surface area contributed by atoms with Crippen molar-refractivity contribution in [1.82, 2.24) is 0 Å². The van der Waals surface area contributed by atoms with Gasteiger partial charge in [-0.3, -0.25) is 4.79 Å². The first-order chi connectivity index (χ1) is 8.98. The maximum Gasteiger partial charge on any atom is 0.318 e. The maximum absolute atomic E-state index is 11.7. The number of rotatable bonds is 3. The van der Waals surface area contributed by atoms with Gasteiger partial charge in [0.05, 0.1) is 0 Å². The van der Waals surface area contributed by atoms with Crippen LogP contribution in [0.1, 0.15) is 18.1 Å². The lowest BCUT2D eigenvalue weighted by atomic mass is 9.75. The van der Waals surface area contributed by atoms with E-state index in [-0.39, 0.29) is 22.6 Å². The third kappa shape index (κ3) is 2.01. The van der Waals surface area contributed by atoms with Crippen LogP contribution in [-0.2, 0) is 10.2 Å². The number of aromatic hydroxyl groups is 2. The zero-order chi connectivity index (χ0) is 14.0. The van der Waals surface area contributed by atoms with Gasteiger partial charge >= 0.3 is 5.97 Å². The number of benzene rings is 2.